The van der Waals surface area contributed by atoms with Crippen LogP contribution in [0.25, 0.3) is 0 Å². The highest BCUT2D eigenvalue weighted by Gasteiger charge is 2.29. The first-order valence-corrected chi connectivity index (χ1v) is 8.31. The number of amides is 1. The van der Waals surface area contributed by atoms with Gasteiger partial charge in [0.25, 0.3) is 0 Å². The maximum atomic E-state index is 12.0. The Kier molecular flexibility index (Phi) is 4.24. The summed E-state index contributed by atoms with van der Waals surface area (Å²) in [6.45, 7) is 2.15. The lowest BCUT2D eigenvalue weighted by molar-refractivity contribution is -0.130. The van der Waals surface area contributed by atoms with Crippen LogP contribution in [0.1, 0.15) is 25.7 Å². The Morgan fingerprint density at radius 1 is 1.44 bits per heavy atom. The van der Waals surface area contributed by atoms with Crippen LogP contribution in [0.15, 0.2) is 0 Å². The summed E-state index contributed by atoms with van der Waals surface area (Å²) >= 11 is 0. The van der Waals surface area contributed by atoms with Gasteiger partial charge in [0.1, 0.15) is 0 Å². The monoisotopic (exact) mass is 275 g/mol. The Morgan fingerprint density at radius 2 is 2.22 bits per heavy atom. The highest BCUT2D eigenvalue weighted by Crippen LogP contribution is 2.15. The van der Waals surface area contributed by atoms with Crippen LogP contribution < -0.4 is 10.0 Å². The van der Waals surface area contributed by atoms with Crippen LogP contribution in [0.5, 0.6) is 0 Å². The molecule has 104 valence electrons. The van der Waals surface area contributed by atoms with Crippen LogP contribution >= 0.6 is 0 Å². The maximum Gasteiger partial charge on any atom is 0.224 e. The van der Waals surface area contributed by atoms with Crippen molar-refractivity contribution in [2.75, 3.05) is 25.9 Å². The van der Waals surface area contributed by atoms with Crippen molar-refractivity contribution in [3.05, 3.63) is 0 Å². The molecular weight excluding hydrogens is 254 g/mol. The van der Waals surface area contributed by atoms with Gasteiger partial charge < -0.3 is 10.2 Å². The molecule has 18 heavy (non-hydrogen) atoms. The van der Waals surface area contributed by atoms with Crippen molar-refractivity contribution in [3.63, 3.8) is 0 Å². The Labute approximate surface area is 108 Å². The molecule has 0 bridgehead atoms. The summed E-state index contributed by atoms with van der Waals surface area (Å²) in [5, 5.41) is 3.30. The predicted octanol–water partition coefficient (Wildman–Crippen LogP) is -0.721. The molecule has 2 heterocycles. The fourth-order valence-electron chi connectivity index (χ4n) is 2.66. The van der Waals surface area contributed by atoms with Crippen molar-refractivity contribution in [1.82, 2.24) is 14.9 Å². The highest BCUT2D eigenvalue weighted by molar-refractivity contribution is 7.88. The summed E-state index contributed by atoms with van der Waals surface area (Å²) in [5.74, 6) is 0.132. The average Bonchev–Trinajstić information content (AvgIpc) is 2.86. The molecule has 2 fully saturated rings. The number of nitrogens with zero attached hydrogens (tertiary/aromatic N) is 1. The van der Waals surface area contributed by atoms with Gasteiger partial charge in [-0.25, -0.2) is 13.1 Å². The van der Waals surface area contributed by atoms with Crippen molar-refractivity contribution in [1.29, 1.82) is 0 Å². The molecule has 2 atom stereocenters. The molecule has 6 nitrogen and oxygen atoms in total. The number of carbonyl (C=O) groups is 1. The van der Waals surface area contributed by atoms with E-state index in [1.165, 1.54) is 0 Å². The SMILES string of the molecule is CS(=O)(=O)NC1CCN(C(=O)CC2CCCN2)C1. The minimum atomic E-state index is -3.18. The zero-order valence-corrected chi connectivity index (χ0v) is 11.5. The van der Waals surface area contributed by atoms with E-state index in [1.807, 2.05) is 0 Å². The molecule has 7 heteroatoms. The number of hydrogen-bond donors (Lipinski definition) is 2. The van der Waals surface area contributed by atoms with Crippen LogP contribution in [0.4, 0.5) is 0 Å². The van der Waals surface area contributed by atoms with Gasteiger partial charge in [-0.1, -0.05) is 0 Å². The smallest absolute Gasteiger partial charge is 0.224 e. The van der Waals surface area contributed by atoms with Gasteiger partial charge in [-0.3, -0.25) is 4.79 Å². The van der Waals surface area contributed by atoms with Gasteiger partial charge in [0.2, 0.25) is 15.9 Å². The van der Waals surface area contributed by atoms with Crippen molar-refractivity contribution in [2.24, 2.45) is 0 Å². The predicted molar refractivity (Wildman–Crippen MR) is 68.6 cm³/mol. The first-order chi connectivity index (χ1) is 8.44. The third kappa shape index (κ3) is 3.93. The second-order valence-electron chi connectivity index (χ2n) is 5.21. The van der Waals surface area contributed by atoms with Gasteiger partial charge in [0, 0.05) is 31.6 Å². The van der Waals surface area contributed by atoms with Crippen molar-refractivity contribution < 1.29 is 13.2 Å². The van der Waals surface area contributed by atoms with E-state index >= 15 is 0 Å². The Morgan fingerprint density at radius 3 is 2.83 bits per heavy atom. The fourth-order valence-corrected chi connectivity index (χ4v) is 3.45. The molecule has 2 aliphatic rings. The van der Waals surface area contributed by atoms with Gasteiger partial charge in [-0.15, -0.1) is 0 Å². The van der Waals surface area contributed by atoms with Crippen LogP contribution in [-0.4, -0.2) is 57.2 Å². The number of rotatable bonds is 4. The van der Waals surface area contributed by atoms with Crippen molar-refractivity contribution in [2.45, 2.75) is 37.8 Å². The quantitative estimate of drug-likeness (QED) is 0.710. The Hall–Kier alpha value is -0.660. The van der Waals surface area contributed by atoms with E-state index in [1.54, 1.807) is 4.90 Å². The lowest BCUT2D eigenvalue weighted by Gasteiger charge is -2.19. The summed E-state index contributed by atoms with van der Waals surface area (Å²) in [6, 6.07) is 0.180. The molecule has 0 spiro atoms. The molecule has 0 aromatic rings. The number of likely N-dealkylation sites (tertiary alicyclic amines) is 1. The van der Waals surface area contributed by atoms with Crippen LogP contribution in [0.2, 0.25) is 0 Å². The second-order valence-corrected chi connectivity index (χ2v) is 6.99. The first kappa shape index (κ1) is 13.8. The Bertz CT molecular complexity index is 404. The fraction of sp³-hybridized carbons (Fsp3) is 0.909. The lowest BCUT2D eigenvalue weighted by atomic mass is 10.1. The third-order valence-electron chi connectivity index (χ3n) is 3.51. The normalized spacial score (nSPS) is 28.8. The van der Waals surface area contributed by atoms with Gasteiger partial charge in [-0.2, -0.15) is 0 Å². The highest BCUT2D eigenvalue weighted by atomic mass is 32.2. The molecule has 0 aromatic heterocycles. The first-order valence-electron chi connectivity index (χ1n) is 6.42. The van der Waals surface area contributed by atoms with Crippen LogP contribution in [0.3, 0.4) is 0 Å². The zero-order chi connectivity index (χ0) is 13.2. The van der Waals surface area contributed by atoms with Crippen LogP contribution in [0, 0.1) is 0 Å². The molecule has 2 aliphatic heterocycles. The number of hydrogen-bond acceptors (Lipinski definition) is 4. The summed E-state index contributed by atoms with van der Waals surface area (Å²) in [6.07, 6.45) is 4.59. The van der Waals surface area contributed by atoms with E-state index in [0.717, 1.165) is 25.6 Å². The molecule has 2 rings (SSSR count). The number of sulfonamides is 1. The van der Waals surface area contributed by atoms with E-state index in [9.17, 15) is 13.2 Å². The van der Waals surface area contributed by atoms with Gasteiger partial charge in [0.15, 0.2) is 0 Å². The molecule has 1 amide bonds. The maximum absolute atomic E-state index is 12.0. The summed E-state index contributed by atoms with van der Waals surface area (Å²) in [5.41, 5.74) is 0. The number of nitrogens with one attached hydrogen (secondary N) is 2. The summed E-state index contributed by atoms with van der Waals surface area (Å²) in [4.78, 5) is 13.8. The van der Waals surface area contributed by atoms with Crippen molar-refractivity contribution in [3.8, 4) is 0 Å². The average molecular weight is 275 g/mol. The van der Waals surface area contributed by atoms with Gasteiger partial charge >= 0.3 is 0 Å². The molecule has 0 aromatic carbocycles. The minimum Gasteiger partial charge on any atom is -0.341 e. The topological polar surface area (TPSA) is 78.5 Å². The lowest BCUT2D eigenvalue weighted by Crippen LogP contribution is -2.39. The molecule has 0 radical (unpaired) electrons. The number of carbonyl (C=O) groups excluding carboxylic acids is 1. The van der Waals surface area contributed by atoms with E-state index in [0.29, 0.717) is 32.0 Å². The van der Waals surface area contributed by atoms with Crippen molar-refractivity contribution >= 4 is 15.9 Å². The largest absolute Gasteiger partial charge is 0.341 e. The van der Waals surface area contributed by atoms with Crippen LogP contribution in [-0.2, 0) is 14.8 Å². The molecule has 2 unspecified atom stereocenters. The molecular formula is C11H21N3O3S. The van der Waals surface area contributed by atoms with E-state index < -0.39 is 10.0 Å². The van der Waals surface area contributed by atoms with E-state index in [4.69, 9.17) is 0 Å². The van der Waals surface area contributed by atoms with Gasteiger partial charge in [0.05, 0.1) is 6.26 Å². The van der Waals surface area contributed by atoms with Gasteiger partial charge in [-0.05, 0) is 25.8 Å². The molecule has 2 saturated heterocycles. The standard InChI is InChI=1S/C11H21N3O3S/c1-18(16,17)13-10-4-6-14(8-10)11(15)7-9-3-2-5-12-9/h9-10,12-13H,2-8H2,1H3. The minimum absolute atomic E-state index is 0.125. The zero-order valence-electron chi connectivity index (χ0n) is 10.7. The third-order valence-corrected chi connectivity index (χ3v) is 4.27. The molecule has 0 aliphatic carbocycles. The summed E-state index contributed by atoms with van der Waals surface area (Å²) in [7, 11) is -3.18. The second kappa shape index (κ2) is 5.54. The Balaban J connectivity index is 1.79. The van der Waals surface area contributed by atoms with E-state index in [2.05, 4.69) is 10.0 Å². The molecule has 2 N–H and O–H groups in total. The van der Waals surface area contributed by atoms with E-state index in [-0.39, 0.29) is 11.9 Å². The summed E-state index contributed by atoms with van der Waals surface area (Å²) < 4.78 is 24.8. The molecule has 0 saturated carbocycles.